The Kier molecular flexibility index (Phi) is 3.58. The molecule has 0 radical (unpaired) electrons. The van der Waals surface area contributed by atoms with Gasteiger partial charge in [0.2, 0.25) is 0 Å². The van der Waals surface area contributed by atoms with E-state index in [2.05, 4.69) is 5.10 Å². The van der Waals surface area contributed by atoms with Gasteiger partial charge in [0.15, 0.2) is 0 Å². The van der Waals surface area contributed by atoms with Gasteiger partial charge in [-0.25, -0.2) is 13.8 Å². The highest BCUT2D eigenvalue weighted by Gasteiger charge is 2.35. The number of hydrogen-bond donors (Lipinski definition) is 0. The van der Waals surface area contributed by atoms with Gasteiger partial charge in [0, 0.05) is 23.9 Å². The lowest BCUT2D eigenvalue weighted by atomic mass is 9.98. The normalized spacial score (nSPS) is 17.1. The summed E-state index contributed by atoms with van der Waals surface area (Å²) in [5.41, 5.74) is 0.216. The summed E-state index contributed by atoms with van der Waals surface area (Å²) in [6.07, 6.45) is 1.24. The maximum atomic E-state index is 14.1. The van der Waals surface area contributed by atoms with E-state index in [0.29, 0.717) is 5.69 Å². The number of anilines is 1. The van der Waals surface area contributed by atoms with E-state index in [1.54, 1.807) is 30.3 Å². The Morgan fingerprint density at radius 1 is 1.14 bits per heavy atom. The minimum absolute atomic E-state index is 0.0565. The molecule has 1 aliphatic rings. The molecule has 0 aromatic heterocycles. The molecule has 1 amide bonds. The summed E-state index contributed by atoms with van der Waals surface area (Å²) in [5, 5.41) is 5.10. The fourth-order valence-electron chi connectivity index (χ4n) is 2.32. The Bertz CT molecular complexity index is 724. The zero-order valence-electron chi connectivity index (χ0n) is 11.7. The number of nitrogens with zero attached hydrogens (tertiary/aromatic N) is 2. The van der Waals surface area contributed by atoms with Crippen LogP contribution in [-0.4, -0.2) is 19.2 Å². The molecule has 0 fully saturated rings. The molecule has 2 aromatic rings. The largest absolute Gasteiger partial charge is 0.497 e. The van der Waals surface area contributed by atoms with Gasteiger partial charge in [-0.15, -0.1) is 0 Å². The molecule has 0 spiro atoms. The zero-order chi connectivity index (χ0) is 15.7. The maximum Gasteiger partial charge on any atom is 0.260 e. The standard InChI is InChI=1S/C16H12F2N2O2/c1-22-11-7-13(17)15(14(18)8-11)12-9-19-20(16(12)21)10-5-3-2-4-6-10/h2-9,12H,1H3. The first-order chi connectivity index (χ1) is 10.6. The number of benzene rings is 2. The van der Waals surface area contributed by atoms with E-state index in [1.807, 2.05) is 0 Å². The van der Waals surface area contributed by atoms with E-state index in [0.717, 1.165) is 17.1 Å². The summed E-state index contributed by atoms with van der Waals surface area (Å²) < 4.78 is 33.0. The number of para-hydroxylation sites is 1. The van der Waals surface area contributed by atoms with Gasteiger partial charge in [-0.3, -0.25) is 4.79 Å². The Morgan fingerprint density at radius 2 is 1.77 bits per heavy atom. The molecule has 0 N–H and O–H groups in total. The highest BCUT2D eigenvalue weighted by Crippen LogP contribution is 2.31. The zero-order valence-corrected chi connectivity index (χ0v) is 11.7. The van der Waals surface area contributed by atoms with E-state index < -0.39 is 23.5 Å². The molecule has 0 saturated carbocycles. The third-order valence-corrected chi connectivity index (χ3v) is 3.41. The van der Waals surface area contributed by atoms with Crippen molar-refractivity contribution in [3.05, 3.63) is 59.7 Å². The SMILES string of the molecule is COc1cc(F)c(C2C=NN(c3ccccc3)C2=O)c(F)c1. The van der Waals surface area contributed by atoms with Crippen LogP contribution >= 0.6 is 0 Å². The van der Waals surface area contributed by atoms with Gasteiger partial charge < -0.3 is 4.74 Å². The molecule has 2 aromatic carbocycles. The van der Waals surface area contributed by atoms with Crippen LogP contribution < -0.4 is 9.75 Å². The van der Waals surface area contributed by atoms with Crippen LogP contribution in [0.5, 0.6) is 5.75 Å². The number of ether oxygens (including phenoxy) is 1. The summed E-state index contributed by atoms with van der Waals surface area (Å²) in [7, 11) is 1.31. The number of carbonyl (C=O) groups is 1. The molecule has 3 rings (SSSR count). The lowest BCUT2D eigenvalue weighted by Crippen LogP contribution is -2.25. The Balaban J connectivity index is 1.96. The molecule has 1 unspecified atom stereocenters. The van der Waals surface area contributed by atoms with E-state index in [-0.39, 0.29) is 11.3 Å². The smallest absolute Gasteiger partial charge is 0.260 e. The monoisotopic (exact) mass is 302 g/mol. The lowest BCUT2D eigenvalue weighted by Gasteiger charge is -2.15. The van der Waals surface area contributed by atoms with Crippen molar-refractivity contribution < 1.29 is 18.3 Å². The van der Waals surface area contributed by atoms with Crippen LogP contribution in [0.3, 0.4) is 0 Å². The molecule has 1 atom stereocenters. The molecule has 1 aliphatic heterocycles. The summed E-state index contributed by atoms with van der Waals surface area (Å²) in [6.45, 7) is 0. The predicted octanol–water partition coefficient (Wildman–Crippen LogP) is 3.09. The second kappa shape index (κ2) is 5.55. The summed E-state index contributed by atoms with van der Waals surface area (Å²) in [5.74, 6) is -3.21. The van der Waals surface area contributed by atoms with E-state index in [9.17, 15) is 13.6 Å². The third-order valence-electron chi connectivity index (χ3n) is 3.41. The topological polar surface area (TPSA) is 41.9 Å². The Morgan fingerprint density at radius 3 is 2.36 bits per heavy atom. The van der Waals surface area contributed by atoms with Crippen molar-refractivity contribution in [3.8, 4) is 5.75 Å². The van der Waals surface area contributed by atoms with Gasteiger partial charge in [0.1, 0.15) is 23.3 Å². The van der Waals surface area contributed by atoms with Crippen LogP contribution in [0.1, 0.15) is 11.5 Å². The van der Waals surface area contributed by atoms with Crippen molar-refractivity contribution in [2.24, 2.45) is 5.10 Å². The average Bonchev–Trinajstić information content (AvgIpc) is 2.89. The van der Waals surface area contributed by atoms with E-state index >= 15 is 0 Å². The third kappa shape index (κ3) is 2.32. The van der Waals surface area contributed by atoms with Gasteiger partial charge in [-0.2, -0.15) is 5.10 Å². The second-order valence-electron chi connectivity index (χ2n) is 4.73. The van der Waals surface area contributed by atoms with Crippen LogP contribution in [0.15, 0.2) is 47.6 Å². The molecule has 6 heteroatoms. The first kappa shape index (κ1) is 14.2. The van der Waals surface area contributed by atoms with Crippen LogP contribution in [0, 0.1) is 11.6 Å². The highest BCUT2D eigenvalue weighted by molar-refractivity contribution is 6.12. The number of hydrogen-bond acceptors (Lipinski definition) is 3. The number of halogens is 2. The van der Waals surface area contributed by atoms with Gasteiger partial charge >= 0.3 is 0 Å². The van der Waals surface area contributed by atoms with Crippen LogP contribution in [0.4, 0.5) is 14.5 Å². The second-order valence-corrected chi connectivity index (χ2v) is 4.73. The van der Waals surface area contributed by atoms with Crippen molar-refractivity contribution in [3.63, 3.8) is 0 Å². The van der Waals surface area contributed by atoms with Crippen molar-refractivity contribution in [1.29, 1.82) is 0 Å². The fraction of sp³-hybridized carbons (Fsp3) is 0.125. The molecular weight excluding hydrogens is 290 g/mol. The highest BCUT2D eigenvalue weighted by atomic mass is 19.1. The minimum Gasteiger partial charge on any atom is -0.497 e. The van der Waals surface area contributed by atoms with Gasteiger partial charge in [-0.05, 0) is 12.1 Å². The molecule has 4 nitrogen and oxygen atoms in total. The van der Waals surface area contributed by atoms with Crippen molar-refractivity contribution in [2.75, 3.05) is 12.1 Å². The number of rotatable bonds is 3. The molecular formula is C16H12F2N2O2. The number of hydrazone groups is 1. The van der Waals surface area contributed by atoms with Crippen molar-refractivity contribution in [2.45, 2.75) is 5.92 Å². The van der Waals surface area contributed by atoms with E-state index in [4.69, 9.17) is 4.74 Å². The maximum absolute atomic E-state index is 14.1. The van der Waals surface area contributed by atoms with Crippen molar-refractivity contribution in [1.82, 2.24) is 0 Å². The Labute approximate surface area is 125 Å². The number of methoxy groups -OCH3 is 1. The summed E-state index contributed by atoms with van der Waals surface area (Å²) in [6, 6.07) is 10.8. The first-order valence-corrected chi connectivity index (χ1v) is 6.58. The molecule has 1 heterocycles. The molecule has 0 saturated heterocycles. The lowest BCUT2D eigenvalue weighted by molar-refractivity contribution is -0.118. The molecule has 112 valence electrons. The Hall–Kier alpha value is -2.76. The number of carbonyl (C=O) groups excluding carboxylic acids is 1. The average molecular weight is 302 g/mol. The number of amides is 1. The first-order valence-electron chi connectivity index (χ1n) is 6.58. The van der Waals surface area contributed by atoms with Crippen LogP contribution in [0.25, 0.3) is 0 Å². The molecule has 0 bridgehead atoms. The quantitative estimate of drug-likeness (QED) is 0.874. The van der Waals surface area contributed by atoms with Crippen molar-refractivity contribution >= 4 is 17.8 Å². The summed E-state index contributed by atoms with van der Waals surface area (Å²) in [4.78, 5) is 12.4. The summed E-state index contributed by atoms with van der Waals surface area (Å²) >= 11 is 0. The van der Waals surface area contributed by atoms with Crippen LogP contribution in [0.2, 0.25) is 0 Å². The van der Waals surface area contributed by atoms with Gasteiger partial charge in [-0.1, -0.05) is 18.2 Å². The fourth-order valence-corrected chi connectivity index (χ4v) is 2.32. The van der Waals surface area contributed by atoms with Gasteiger partial charge in [0.05, 0.1) is 12.8 Å². The van der Waals surface area contributed by atoms with Gasteiger partial charge in [0.25, 0.3) is 5.91 Å². The molecule has 0 aliphatic carbocycles. The van der Waals surface area contributed by atoms with E-state index in [1.165, 1.54) is 13.3 Å². The minimum atomic E-state index is -1.09. The van der Waals surface area contributed by atoms with Crippen LogP contribution in [-0.2, 0) is 4.79 Å². The molecule has 22 heavy (non-hydrogen) atoms. The predicted molar refractivity (Wildman–Crippen MR) is 78.1 cm³/mol.